The third kappa shape index (κ3) is 15900. The fourth-order valence-corrected chi connectivity index (χ4v) is 0. The molecule has 23 heavy (non-hydrogen) atoms. The minimum atomic E-state index is -5.17. The standard InChI is InChI=1S/2Mo.3H2O4S.2HO2P/c;;3*1-5(2,3)4;2*1-3-2/h;;3*(H2,1,2,3,4);2*3H/q2*+3;;;;;/p-6. The average molecular weight is 608 g/mol. The maximum atomic E-state index is 8.52. The van der Waals surface area contributed by atoms with Crippen LogP contribution in [0.15, 0.2) is 0 Å². The number of hydrogen-bond donors (Lipinski definition) is 0. The van der Waals surface area contributed by atoms with Crippen LogP contribution in [0.2, 0.25) is 0 Å². The normalized spacial score (nSPS) is 8.61. The van der Waals surface area contributed by atoms with E-state index in [1.165, 1.54) is 0 Å². The van der Waals surface area contributed by atoms with E-state index in [0.29, 0.717) is 0 Å². The molecule has 0 N–H and O–H groups in total. The van der Waals surface area contributed by atoms with Crippen LogP contribution in [0.5, 0.6) is 0 Å². The van der Waals surface area contributed by atoms with Crippen molar-refractivity contribution in [3.8, 4) is 0 Å². The summed E-state index contributed by atoms with van der Waals surface area (Å²) in [4.78, 5) is 0. The predicted molar refractivity (Wildman–Crippen MR) is 50.8 cm³/mol. The summed E-state index contributed by atoms with van der Waals surface area (Å²) >= 11 is 0. The predicted octanol–water partition coefficient (Wildman–Crippen LogP) is -3.31. The zero-order valence-electron chi connectivity index (χ0n) is 9.57. The van der Waals surface area contributed by atoms with Crippen LogP contribution in [-0.2, 0) is 91.6 Å². The van der Waals surface area contributed by atoms with E-state index in [-0.39, 0.29) is 42.1 Å². The maximum absolute atomic E-state index is 8.52. The van der Waals surface area contributed by atoms with Gasteiger partial charge in [-0.05, 0) is 0 Å². The van der Waals surface area contributed by atoms with E-state index in [2.05, 4.69) is 0 Å². The minimum absolute atomic E-state index is 0. The van der Waals surface area contributed by atoms with Crippen molar-refractivity contribution in [1.82, 2.24) is 0 Å². The Bertz CT molecular complexity index is 491. The Labute approximate surface area is 160 Å². The van der Waals surface area contributed by atoms with Gasteiger partial charge in [0.1, 0.15) is 0 Å². The van der Waals surface area contributed by atoms with Gasteiger partial charge in [0, 0.05) is 31.2 Å². The summed E-state index contributed by atoms with van der Waals surface area (Å²) in [5.74, 6) is 0. The second-order valence-corrected chi connectivity index (χ2v) is 4.17. The molecule has 0 aromatic rings. The van der Waals surface area contributed by atoms with E-state index in [1.54, 1.807) is 0 Å². The van der Waals surface area contributed by atoms with E-state index in [9.17, 15) is 0 Å². The molecule has 0 aliphatic rings. The Balaban J connectivity index is -0.0000000277. The molecule has 138 valence electrons. The third-order valence-corrected chi connectivity index (χ3v) is 0. The fourth-order valence-electron chi connectivity index (χ4n) is 0. The number of hydrogen-bond acceptors (Lipinski definition) is 16. The van der Waals surface area contributed by atoms with Gasteiger partial charge in [0.05, 0.1) is 0 Å². The van der Waals surface area contributed by atoms with Crippen LogP contribution in [0, 0.1) is 0 Å². The summed E-state index contributed by atoms with van der Waals surface area (Å²) in [6.45, 7) is 0. The first-order valence-electron chi connectivity index (χ1n) is 2.82. The van der Waals surface area contributed by atoms with Crippen molar-refractivity contribution in [1.29, 1.82) is 0 Å². The van der Waals surface area contributed by atoms with Gasteiger partial charge in [-0.15, -0.1) is 0 Å². The van der Waals surface area contributed by atoms with Crippen LogP contribution in [0.25, 0.3) is 0 Å². The molecule has 16 nitrogen and oxygen atoms in total. The smallest absolute Gasteiger partial charge is 0.759 e. The molecule has 0 rings (SSSR count). The maximum Gasteiger partial charge on any atom is 3.00 e. The van der Waals surface area contributed by atoms with Crippen LogP contribution >= 0.6 is 16.7 Å². The van der Waals surface area contributed by atoms with Gasteiger partial charge in [-0.1, -0.05) is 0 Å². The zero-order chi connectivity index (χ0) is 18.9. The van der Waals surface area contributed by atoms with Gasteiger partial charge >= 0.3 is 58.8 Å². The van der Waals surface area contributed by atoms with Crippen molar-refractivity contribution in [2.75, 3.05) is 0 Å². The van der Waals surface area contributed by atoms with Crippen molar-refractivity contribution in [2.45, 2.75) is 0 Å². The second kappa shape index (κ2) is 25.0. The molecule has 23 heteroatoms. The van der Waals surface area contributed by atoms with E-state index in [4.69, 9.17) is 70.8 Å². The molecule has 0 saturated heterocycles. The molecule has 0 atom stereocenters. The molecule has 0 amide bonds. The Morgan fingerprint density at radius 1 is 0.435 bits per heavy atom. The van der Waals surface area contributed by atoms with Crippen LogP contribution in [-0.4, -0.2) is 52.6 Å². The topological polar surface area (TPSA) is 309 Å². The van der Waals surface area contributed by atoms with E-state index >= 15 is 0 Å². The van der Waals surface area contributed by atoms with Crippen molar-refractivity contribution >= 4 is 47.9 Å². The fraction of sp³-hybridized carbons (Fsp3) is 0. The van der Waals surface area contributed by atoms with Crippen LogP contribution in [0.3, 0.4) is 0 Å². The Hall–Kier alpha value is 0.787. The van der Waals surface area contributed by atoms with Crippen LogP contribution < -0.4 is 0 Å². The molecule has 0 aromatic heterocycles. The van der Waals surface area contributed by atoms with Crippen molar-refractivity contribution < 1.29 is 113 Å². The molecule has 0 fully saturated rings. The Kier molecular flexibility index (Phi) is 47.7. The van der Waals surface area contributed by atoms with Gasteiger partial charge in [-0.3, -0.25) is 25.3 Å². The van der Waals surface area contributed by atoms with Gasteiger partial charge in [0.15, 0.2) is 0 Å². The van der Waals surface area contributed by atoms with Gasteiger partial charge in [-0.25, -0.2) is 18.3 Å². The molecular weight excluding hydrogens is 606 g/mol. The van der Waals surface area contributed by atoms with Crippen LogP contribution in [0.4, 0.5) is 0 Å². The third-order valence-electron chi connectivity index (χ3n) is 0. The van der Waals surface area contributed by atoms with E-state index in [1.807, 2.05) is 0 Å². The SMILES string of the molecule is O=S(=O)([O-])[O-].O=S(=O)([O-])[O-].O=S(=O)([O-])[O-].O=[PH]=O.O=[PH]=O.[Mo+3].[Mo+3]. The molecular formula is H2Mo2O16P2S3. The largest absolute Gasteiger partial charge is 3.00 e. The molecule has 0 bridgehead atoms. The van der Waals surface area contributed by atoms with E-state index in [0.717, 1.165) is 0 Å². The first kappa shape index (κ1) is 43.8. The summed E-state index contributed by atoms with van der Waals surface area (Å²) in [5.41, 5.74) is 0. The quantitative estimate of drug-likeness (QED) is 0.112. The van der Waals surface area contributed by atoms with Gasteiger partial charge < -0.3 is 27.3 Å². The summed E-state index contributed by atoms with van der Waals surface area (Å²) in [7, 11) is -18.3. The Morgan fingerprint density at radius 2 is 0.435 bits per heavy atom. The minimum Gasteiger partial charge on any atom is -0.759 e. The van der Waals surface area contributed by atoms with E-state index < -0.39 is 47.9 Å². The van der Waals surface area contributed by atoms with Crippen molar-refractivity contribution in [3.63, 3.8) is 0 Å². The molecule has 0 aromatic carbocycles. The van der Waals surface area contributed by atoms with Gasteiger partial charge in [-0.2, -0.15) is 0 Å². The summed E-state index contributed by atoms with van der Waals surface area (Å²) in [6.07, 6.45) is 0. The number of rotatable bonds is 0. The molecule has 0 aliphatic heterocycles. The molecule has 0 aliphatic carbocycles. The summed E-state index contributed by atoms with van der Waals surface area (Å²) in [5, 5.41) is 0. The molecule has 0 heterocycles. The first-order valence-corrected chi connectivity index (χ1v) is 8.45. The Morgan fingerprint density at radius 3 is 0.435 bits per heavy atom. The average Bonchev–Trinajstić information content (AvgIpc) is 1.93. The van der Waals surface area contributed by atoms with Crippen molar-refractivity contribution in [3.05, 3.63) is 0 Å². The summed E-state index contributed by atoms with van der Waals surface area (Å²) in [6, 6.07) is 0. The molecule has 0 unspecified atom stereocenters. The second-order valence-electron chi connectivity index (χ2n) is 1.39. The zero-order valence-corrected chi connectivity index (χ0v) is 18.0. The first-order chi connectivity index (χ1) is 8.83. The van der Waals surface area contributed by atoms with Crippen LogP contribution in [0.1, 0.15) is 0 Å². The monoisotopic (exact) mass is 612 g/mol. The molecule has 0 saturated carbocycles. The van der Waals surface area contributed by atoms with Gasteiger partial charge in [0.2, 0.25) is 0 Å². The van der Waals surface area contributed by atoms with Gasteiger partial charge in [0.25, 0.3) is 0 Å². The molecule has 2 radical (unpaired) electrons. The van der Waals surface area contributed by atoms with Crippen molar-refractivity contribution in [2.24, 2.45) is 0 Å². The summed E-state index contributed by atoms with van der Waals surface area (Å²) < 4.78 is 136. The molecule has 0 spiro atoms.